The van der Waals surface area contributed by atoms with Gasteiger partial charge < -0.3 is 9.47 Å². The maximum atomic E-state index is 10.9. The summed E-state index contributed by atoms with van der Waals surface area (Å²) in [7, 11) is 0. The highest BCUT2D eigenvalue weighted by molar-refractivity contribution is 5.59. The summed E-state index contributed by atoms with van der Waals surface area (Å²) in [6.07, 6.45) is 18.2. The van der Waals surface area contributed by atoms with Crippen molar-refractivity contribution in [3.63, 3.8) is 0 Å². The number of unbranched alkanes of at least 4 members (excludes halogenated alkanes) is 13. The monoisotopic (exact) mass is 314 g/mol. The highest BCUT2D eigenvalue weighted by Crippen LogP contribution is 2.12. The van der Waals surface area contributed by atoms with Crippen molar-refractivity contribution >= 4 is 6.16 Å². The minimum absolute atomic E-state index is 0.386. The minimum atomic E-state index is -0.530. The van der Waals surface area contributed by atoms with E-state index >= 15 is 0 Å². The van der Waals surface area contributed by atoms with Gasteiger partial charge in [-0.1, -0.05) is 90.4 Å². The van der Waals surface area contributed by atoms with Crippen LogP contribution < -0.4 is 0 Å². The number of carbonyl (C=O) groups is 1. The van der Waals surface area contributed by atoms with Crippen LogP contribution in [0.2, 0.25) is 0 Å². The molecular formula is C19H38O3. The van der Waals surface area contributed by atoms with Gasteiger partial charge in [0.05, 0.1) is 13.2 Å². The molecule has 0 saturated heterocycles. The Morgan fingerprint density at radius 1 is 0.591 bits per heavy atom. The summed E-state index contributed by atoms with van der Waals surface area (Å²) in [5.41, 5.74) is 0. The molecule has 0 amide bonds. The van der Waals surface area contributed by atoms with E-state index < -0.39 is 6.16 Å². The van der Waals surface area contributed by atoms with Crippen LogP contribution in [0.25, 0.3) is 0 Å². The van der Waals surface area contributed by atoms with Crippen molar-refractivity contribution in [2.45, 2.75) is 104 Å². The third-order valence-electron chi connectivity index (χ3n) is 3.98. The van der Waals surface area contributed by atoms with Gasteiger partial charge in [-0.3, -0.25) is 0 Å². The maximum absolute atomic E-state index is 10.9. The van der Waals surface area contributed by atoms with Crippen LogP contribution in [0, 0.1) is 0 Å². The Bertz CT molecular complexity index is 229. The number of carbonyl (C=O) groups excluding carboxylic acids is 1. The largest absolute Gasteiger partial charge is 0.508 e. The van der Waals surface area contributed by atoms with Gasteiger partial charge in [0, 0.05) is 0 Å². The molecular weight excluding hydrogens is 276 g/mol. The van der Waals surface area contributed by atoms with E-state index in [4.69, 9.17) is 9.47 Å². The standard InChI is InChI=1S/C19H38O3/c1-3-5-6-7-8-9-10-11-12-13-14-15-16-17-18-22-19(20)21-4-2/h3-18H2,1-2H3. The first-order chi connectivity index (χ1) is 10.8. The van der Waals surface area contributed by atoms with E-state index in [2.05, 4.69) is 6.92 Å². The van der Waals surface area contributed by atoms with Crippen LogP contribution in [0.15, 0.2) is 0 Å². The second-order valence-electron chi connectivity index (χ2n) is 6.13. The molecule has 22 heavy (non-hydrogen) atoms. The fraction of sp³-hybridized carbons (Fsp3) is 0.947. The van der Waals surface area contributed by atoms with Crippen LogP contribution in [0.4, 0.5) is 4.79 Å². The summed E-state index contributed by atoms with van der Waals surface area (Å²) in [5, 5.41) is 0. The van der Waals surface area contributed by atoms with Crippen molar-refractivity contribution in [1.82, 2.24) is 0 Å². The zero-order valence-electron chi connectivity index (χ0n) is 15.0. The molecule has 0 heterocycles. The molecule has 0 aromatic carbocycles. The summed E-state index contributed by atoms with van der Waals surface area (Å²) >= 11 is 0. The van der Waals surface area contributed by atoms with E-state index in [1.165, 1.54) is 77.0 Å². The predicted molar refractivity (Wildman–Crippen MR) is 93.3 cm³/mol. The summed E-state index contributed by atoms with van der Waals surface area (Å²) in [6, 6.07) is 0. The first kappa shape index (κ1) is 21.3. The van der Waals surface area contributed by atoms with Crippen LogP contribution in [0.3, 0.4) is 0 Å². The third-order valence-corrected chi connectivity index (χ3v) is 3.98. The molecule has 0 unspecified atom stereocenters. The first-order valence-corrected chi connectivity index (χ1v) is 9.60. The molecule has 0 atom stereocenters. The number of hydrogen-bond acceptors (Lipinski definition) is 3. The normalized spacial score (nSPS) is 10.6. The third kappa shape index (κ3) is 17.3. The summed E-state index contributed by atoms with van der Waals surface area (Å²) in [5.74, 6) is 0. The molecule has 0 aromatic heterocycles. The molecule has 0 aromatic rings. The highest BCUT2D eigenvalue weighted by Gasteiger charge is 2.00. The molecule has 0 aliphatic heterocycles. The van der Waals surface area contributed by atoms with Gasteiger partial charge in [0.15, 0.2) is 0 Å². The Hall–Kier alpha value is -0.730. The average molecular weight is 315 g/mol. The molecule has 0 fully saturated rings. The van der Waals surface area contributed by atoms with E-state index in [1.807, 2.05) is 0 Å². The molecule has 0 rings (SSSR count). The Kier molecular flexibility index (Phi) is 17.7. The predicted octanol–water partition coefficient (Wildman–Crippen LogP) is 6.64. The second-order valence-corrected chi connectivity index (χ2v) is 6.13. The smallest absolute Gasteiger partial charge is 0.435 e. The average Bonchev–Trinajstić information content (AvgIpc) is 2.51. The minimum Gasteiger partial charge on any atom is -0.435 e. The Morgan fingerprint density at radius 3 is 1.41 bits per heavy atom. The number of rotatable bonds is 16. The fourth-order valence-corrected chi connectivity index (χ4v) is 2.61. The first-order valence-electron chi connectivity index (χ1n) is 9.60. The highest BCUT2D eigenvalue weighted by atomic mass is 16.7. The van der Waals surface area contributed by atoms with Crippen molar-refractivity contribution in [2.24, 2.45) is 0 Å². The van der Waals surface area contributed by atoms with Gasteiger partial charge in [-0.05, 0) is 13.3 Å². The van der Waals surface area contributed by atoms with Crippen molar-refractivity contribution in [2.75, 3.05) is 13.2 Å². The SMILES string of the molecule is CCCCCCCCCCCCCCCCOC(=O)OCC. The van der Waals surface area contributed by atoms with Gasteiger partial charge in [-0.2, -0.15) is 0 Å². The van der Waals surface area contributed by atoms with Crippen LogP contribution in [-0.4, -0.2) is 19.4 Å². The molecule has 132 valence electrons. The molecule has 0 aliphatic rings. The van der Waals surface area contributed by atoms with Gasteiger partial charge in [-0.15, -0.1) is 0 Å². The lowest BCUT2D eigenvalue weighted by Gasteiger charge is -2.05. The van der Waals surface area contributed by atoms with Gasteiger partial charge in [0.2, 0.25) is 0 Å². The molecule has 0 radical (unpaired) electrons. The van der Waals surface area contributed by atoms with Gasteiger partial charge in [0.25, 0.3) is 0 Å². The Labute approximate surface area is 138 Å². The van der Waals surface area contributed by atoms with Crippen molar-refractivity contribution in [3.05, 3.63) is 0 Å². The van der Waals surface area contributed by atoms with Crippen molar-refractivity contribution < 1.29 is 14.3 Å². The molecule has 3 heteroatoms. The van der Waals surface area contributed by atoms with E-state index in [-0.39, 0.29) is 0 Å². The number of hydrogen-bond donors (Lipinski definition) is 0. The van der Waals surface area contributed by atoms with Crippen LogP contribution >= 0.6 is 0 Å². The Balaban J connectivity index is 3.01. The molecule has 0 N–H and O–H groups in total. The number of ether oxygens (including phenoxy) is 2. The summed E-state index contributed by atoms with van der Waals surface area (Å²) in [4.78, 5) is 10.9. The van der Waals surface area contributed by atoms with Crippen LogP contribution in [0.1, 0.15) is 104 Å². The Morgan fingerprint density at radius 2 is 1.00 bits per heavy atom. The lowest BCUT2D eigenvalue weighted by molar-refractivity contribution is 0.0578. The van der Waals surface area contributed by atoms with Gasteiger partial charge >= 0.3 is 6.16 Å². The molecule has 0 aliphatic carbocycles. The molecule has 3 nitrogen and oxygen atoms in total. The van der Waals surface area contributed by atoms with E-state index in [1.54, 1.807) is 6.92 Å². The summed E-state index contributed by atoms with van der Waals surface area (Å²) in [6.45, 7) is 4.94. The molecule has 0 saturated carbocycles. The van der Waals surface area contributed by atoms with Crippen molar-refractivity contribution in [3.8, 4) is 0 Å². The zero-order valence-corrected chi connectivity index (χ0v) is 15.0. The van der Waals surface area contributed by atoms with Gasteiger partial charge in [-0.25, -0.2) is 4.79 Å². The van der Waals surface area contributed by atoms with E-state index in [0.29, 0.717) is 13.2 Å². The maximum Gasteiger partial charge on any atom is 0.508 e. The quantitative estimate of drug-likeness (QED) is 0.236. The lowest BCUT2D eigenvalue weighted by Crippen LogP contribution is -2.07. The fourth-order valence-electron chi connectivity index (χ4n) is 2.61. The molecule has 0 bridgehead atoms. The van der Waals surface area contributed by atoms with E-state index in [0.717, 1.165) is 12.8 Å². The van der Waals surface area contributed by atoms with Crippen molar-refractivity contribution in [1.29, 1.82) is 0 Å². The van der Waals surface area contributed by atoms with Gasteiger partial charge in [0.1, 0.15) is 0 Å². The lowest BCUT2D eigenvalue weighted by atomic mass is 10.0. The topological polar surface area (TPSA) is 35.5 Å². The second kappa shape index (κ2) is 18.3. The van der Waals surface area contributed by atoms with Crippen LogP contribution in [0.5, 0.6) is 0 Å². The van der Waals surface area contributed by atoms with E-state index in [9.17, 15) is 4.79 Å². The van der Waals surface area contributed by atoms with Crippen LogP contribution in [-0.2, 0) is 9.47 Å². The summed E-state index contributed by atoms with van der Waals surface area (Å²) < 4.78 is 9.63. The zero-order chi connectivity index (χ0) is 16.3. The molecule has 0 spiro atoms.